The molecule has 51 heavy (non-hydrogen) atoms. The highest BCUT2D eigenvalue weighted by Gasteiger charge is 2.42. The largest absolute Gasteiger partial charge is 0.466 e. The number of esters is 1. The Kier molecular flexibility index (Phi) is 9.73. The van der Waals surface area contributed by atoms with Crippen LogP contribution in [0.3, 0.4) is 0 Å². The minimum atomic E-state index is -2.35. The van der Waals surface area contributed by atoms with Crippen LogP contribution >= 0.6 is 30.1 Å². The van der Waals surface area contributed by atoms with Gasteiger partial charge in [-0.05, 0) is 74.0 Å². The zero-order chi connectivity index (χ0) is 35.9. The Morgan fingerprint density at radius 3 is 2.43 bits per heavy atom. The fraction of sp³-hybridized carbons (Fsp3) is 0.278. The standard InChI is InChI=1S/C36H35ClFN6O5PS/c1-48-35(45)31-30(40-33(34-39-14-17-51-34)41-32(31)28-13-4-22(38)18-29(28)37)21-42-15-16-43-24(19-42)20-44(36(43)46)23-5-7-25(8-6-23)49-26-9-11-27(12-10-26)50(2,3)47/h4-14,17-18,24,32H,15-16,19-21H2,1-3H3,(H,40,41)/t24-,32-/m0/s1. The molecule has 3 aliphatic heterocycles. The summed E-state index contributed by atoms with van der Waals surface area (Å²) in [6.45, 7) is 5.92. The van der Waals surface area contributed by atoms with Gasteiger partial charge in [0.05, 0.1) is 18.7 Å². The molecule has 2 amide bonds. The number of nitrogens with zero attached hydrogens (tertiary/aromatic N) is 5. The van der Waals surface area contributed by atoms with Gasteiger partial charge in [0.25, 0.3) is 0 Å². The predicted octanol–water partition coefficient (Wildman–Crippen LogP) is 6.12. The summed E-state index contributed by atoms with van der Waals surface area (Å²) < 4.78 is 37.6. The number of ether oxygens (including phenoxy) is 2. The number of halogens is 2. The van der Waals surface area contributed by atoms with Crippen LogP contribution in [0.4, 0.5) is 14.9 Å². The number of anilines is 1. The first-order valence-electron chi connectivity index (χ1n) is 16.2. The van der Waals surface area contributed by atoms with Crippen molar-refractivity contribution in [1.29, 1.82) is 0 Å². The number of carbonyl (C=O) groups is 2. The zero-order valence-electron chi connectivity index (χ0n) is 28.1. The van der Waals surface area contributed by atoms with E-state index in [9.17, 15) is 18.5 Å². The van der Waals surface area contributed by atoms with E-state index in [1.54, 1.807) is 36.6 Å². The number of fused-ring (bicyclic) bond motifs is 1. The van der Waals surface area contributed by atoms with E-state index in [4.69, 9.17) is 26.1 Å². The lowest BCUT2D eigenvalue weighted by Crippen LogP contribution is -2.53. The van der Waals surface area contributed by atoms with E-state index in [2.05, 4.69) is 15.2 Å². The third-order valence-electron chi connectivity index (χ3n) is 9.08. The maximum Gasteiger partial charge on any atom is 0.338 e. The quantitative estimate of drug-likeness (QED) is 0.161. The molecule has 7 rings (SSSR count). The molecule has 15 heteroatoms. The molecule has 2 atom stereocenters. The summed E-state index contributed by atoms with van der Waals surface area (Å²) in [7, 11) is -1.05. The number of aromatic nitrogens is 1. The van der Waals surface area contributed by atoms with Crippen LogP contribution in [-0.4, -0.2) is 91.8 Å². The highest BCUT2D eigenvalue weighted by Crippen LogP contribution is 2.38. The van der Waals surface area contributed by atoms with Crippen LogP contribution in [0.15, 0.2) is 94.6 Å². The Hall–Kier alpha value is -4.55. The highest BCUT2D eigenvalue weighted by molar-refractivity contribution is 7.70. The van der Waals surface area contributed by atoms with E-state index < -0.39 is 25.0 Å². The average Bonchev–Trinajstić information content (AvgIpc) is 3.76. The topological polar surface area (TPSA) is 117 Å². The molecular formula is C36H35ClFN6O5PS. The summed E-state index contributed by atoms with van der Waals surface area (Å²) in [5, 5.41) is 6.72. The molecule has 0 unspecified atom stereocenters. The van der Waals surface area contributed by atoms with E-state index in [0.717, 1.165) is 11.0 Å². The molecule has 0 aliphatic carbocycles. The van der Waals surface area contributed by atoms with Gasteiger partial charge in [-0.15, -0.1) is 11.3 Å². The van der Waals surface area contributed by atoms with Gasteiger partial charge in [-0.3, -0.25) is 14.8 Å². The monoisotopic (exact) mass is 748 g/mol. The minimum Gasteiger partial charge on any atom is -0.466 e. The molecule has 2 fully saturated rings. The molecule has 1 N–H and O–H groups in total. The van der Waals surface area contributed by atoms with Crippen molar-refractivity contribution in [2.75, 3.05) is 58.1 Å². The number of amides is 2. The molecular weight excluding hydrogens is 714 g/mol. The first-order valence-corrected chi connectivity index (χ1v) is 20.1. The molecule has 0 bridgehead atoms. The predicted molar refractivity (Wildman–Crippen MR) is 197 cm³/mol. The zero-order valence-corrected chi connectivity index (χ0v) is 30.6. The molecule has 0 radical (unpaired) electrons. The number of methoxy groups -OCH3 is 1. The maximum absolute atomic E-state index is 14.0. The fourth-order valence-corrected chi connectivity index (χ4v) is 8.25. The molecule has 2 saturated heterocycles. The van der Waals surface area contributed by atoms with Crippen LogP contribution in [0, 0.1) is 5.82 Å². The smallest absolute Gasteiger partial charge is 0.338 e. The normalized spacial score (nSPS) is 19.5. The lowest BCUT2D eigenvalue weighted by molar-refractivity contribution is -0.136. The molecule has 3 aromatic carbocycles. The van der Waals surface area contributed by atoms with E-state index >= 15 is 0 Å². The number of carbonyl (C=O) groups excluding carboxylic acids is 2. The molecule has 0 saturated carbocycles. The van der Waals surface area contributed by atoms with Crippen molar-refractivity contribution in [2.45, 2.75) is 12.1 Å². The van der Waals surface area contributed by atoms with Crippen molar-refractivity contribution < 1.29 is 28.0 Å². The minimum absolute atomic E-state index is 0.0677. The number of hydrogen-bond donors (Lipinski definition) is 1. The summed E-state index contributed by atoms with van der Waals surface area (Å²) in [6, 6.07) is 17.6. The van der Waals surface area contributed by atoms with Gasteiger partial charge in [-0.1, -0.05) is 17.7 Å². The SMILES string of the molecule is COC(=O)C1=C(CN2CCN3C(=O)N(c4ccc(Oc5ccc(P(C)(C)=O)cc5)cc4)C[C@@H]3C2)NC(c2nccs2)=N[C@H]1c1ccc(F)cc1Cl. The lowest BCUT2D eigenvalue weighted by Gasteiger charge is -2.38. The molecule has 0 spiro atoms. The second-order valence-corrected chi connectivity index (χ2v) is 17.3. The molecule has 3 aliphatic rings. The number of rotatable bonds is 9. The second-order valence-electron chi connectivity index (χ2n) is 12.8. The Morgan fingerprint density at radius 2 is 1.78 bits per heavy atom. The summed E-state index contributed by atoms with van der Waals surface area (Å²) in [6.07, 6.45) is 1.67. The van der Waals surface area contributed by atoms with Gasteiger partial charge in [0.1, 0.15) is 30.5 Å². The van der Waals surface area contributed by atoms with Gasteiger partial charge in [0.2, 0.25) is 0 Å². The average molecular weight is 749 g/mol. The first kappa shape index (κ1) is 34.9. The van der Waals surface area contributed by atoms with Crippen molar-refractivity contribution in [2.24, 2.45) is 4.99 Å². The highest BCUT2D eigenvalue weighted by atomic mass is 35.5. The third-order valence-corrected chi connectivity index (χ3v) is 11.7. The number of aliphatic imine (C=N–C) groups is 1. The number of thiazole rings is 1. The van der Waals surface area contributed by atoms with Gasteiger partial charge < -0.3 is 24.3 Å². The number of urea groups is 1. The summed E-state index contributed by atoms with van der Waals surface area (Å²) in [4.78, 5) is 42.0. The molecule has 4 aromatic rings. The molecule has 11 nitrogen and oxygen atoms in total. The van der Waals surface area contributed by atoms with E-state index in [1.807, 2.05) is 46.7 Å². The van der Waals surface area contributed by atoms with Gasteiger partial charge in [0, 0.05) is 71.6 Å². The first-order chi connectivity index (χ1) is 24.5. The van der Waals surface area contributed by atoms with Gasteiger partial charge >= 0.3 is 12.0 Å². The van der Waals surface area contributed by atoms with Crippen LogP contribution in [-0.2, 0) is 14.1 Å². The lowest BCUT2D eigenvalue weighted by atomic mass is 9.95. The van der Waals surface area contributed by atoms with E-state index in [1.165, 1.54) is 36.6 Å². The summed E-state index contributed by atoms with van der Waals surface area (Å²) in [5.41, 5.74) is 2.07. The van der Waals surface area contributed by atoms with Gasteiger partial charge in [-0.25, -0.2) is 19.0 Å². The molecule has 1 aromatic heterocycles. The van der Waals surface area contributed by atoms with Crippen molar-refractivity contribution in [3.63, 3.8) is 0 Å². The summed E-state index contributed by atoms with van der Waals surface area (Å²) >= 11 is 7.90. The van der Waals surface area contributed by atoms with E-state index in [-0.39, 0.29) is 22.7 Å². The second kappa shape index (κ2) is 14.2. The van der Waals surface area contributed by atoms with Gasteiger partial charge in [0.15, 0.2) is 10.8 Å². The number of hydrogen-bond acceptors (Lipinski definition) is 10. The van der Waals surface area contributed by atoms with Crippen LogP contribution < -0.4 is 20.3 Å². The number of nitrogens with one attached hydrogen (secondary N) is 1. The Labute approximate surface area is 303 Å². The van der Waals surface area contributed by atoms with E-state index in [0.29, 0.717) is 66.3 Å². The molecule has 264 valence electrons. The van der Waals surface area contributed by atoms with Crippen LogP contribution in [0.1, 0.15) is 16.6 Å². The Morgan fingerprint density at radius 1 is 1.06 bits per heavy atom. The molecule has 4 heterocycles. The number of benzene rings is 3. The fourth-order valence-electron chi connectivity index (χ4n) is 6.53. The number of amidine groups is 1. The number of piperazine rings is 1. The van der Waals surface area contributed by atoms with Gasteiger partial charge in [-0.2, -0.15) is 0 Å². The van der Waals surface area contributed by atoms with Crippen molar-refractivity contribution in [3.05, 3.63) is 111 Å². The van der Waals surface area contributed by atoms with Crippen LogP contribution in [0.25, 0.3) is 0 Å². The maximum atomic E-state index is 14.0. The Bertz CT molecular complexity index is 2070. The van der Waals surface area contributed by atoms with Crippen molar-refractivity contribution in [3.8, 4) is 11.5 Å². The Balaban J connectivity index is 1.08. The summed E-state index contributed by atoms with van der Waals surface area (Å²) in [5.74, 6) is 0.638. The van der Waals surface area contributed by atoms with Crippen molar-refractivity contribution in [1.82, 2.24) is 20.1 Å². The van der Waals surface area contributed by atoms with Crippen LogP contribution in [0.2, 0.25) is 5.02 Å². The van der Waals surface area contributed by atoms with Crippen LogP contribution in [0.5, 0.6) is 11.5 Å². The van der Waals surface area contributed by atoms with Crippen molar-refractivity contribution >= 4 is 58.9 Å². The third kappa shape index (κ3) is 7.30.